The Kier molecular flexibility index (Phi) is 7.33. The third-order valence-electron chi connectivity index (χ3n) is 6.84. The van der Waals surface area contributed by atoms with Gasteiger partial charge in [-0.3, -0.25) is 28.9 Å². The van der Waals surface area contributed by atoms with Crippen LogP contribution in [0.25, 0.3) is 0 Å². The van der Waals surface area contributed by atoms with Crippen LogP contribution < -0.4 is 10.6 Å². The van der Waals surface area contributed by atoms with Crippen LogP contribution in [-0.2, 0) is 27.9 Å². The summed E-state index contributed by atoms with van der Waals surface area (Å²) in [5, 5.41) is 4.08. The maximum atomic E-state index is 14.5. The number of amides is 3. The van der Waals surface area contributed by atoms with E-state index >= 15 is 0 Å². The molecule has 3 heterocycles. The first-order valence-electron chi connectivity index (χ1n) is 11.9. The van der Waals surface area contributed by atoms with E-state index in [0.717, 1.165) is 11.0 Å². The Morgan fingerprint density at radius 2 is 1.95 bits per heavy atom. The second kappa shape index (κ2) is 10.5. The molecule has 0 bridgehead atoms. The Bertz CT molecular complexity index is 1340. The van der Waals surface area contributed by atoms with Crippen LogP contribution in [-0.4, -0.2) is 50.5 Å². The average Bonchev–Trinajstić information content (AvgIpc) is 3.30. The van der Waals surface area contributed by atoms with Crippen molar-refractivity contribution in [3.05, 3.63) is 71.6 Å². The van der Waals surface area contributed by atoms with Crippen LogP contribution in [0.15, 0.2) is 48.8 Å². The zero-order valence-electron chi connectivity index (χ0n) is 20.8. The van der Waals surface area contributed by atoms with Crippen molar-refractivity contribution in [3.8, 4) is 0 Å². The molecule has 1 aliphatic rings. The minimum atomic E-state index is -1.08. The number of pyridine rings is 1. The first kappa shape index (κ1) is 25.9. The van der Waals surface area contributed by atoms with Gasteiger partial charge in [0.1, 0.15) is 17.7 Å². The van der Waals surface area contributed by atoms with E-state index in [0.29, 0.717) is 17.8 Å². The van der Waals surface area contributed by atoms with Crippen molar-refractivity contribution >= 4 is 29.4 Å². The monoisotopic (exact) mass is 510 g/mol. The molecule has 9 nitrogen and oxygen atoms in total. The minimum Gasteiger partial charge on any atom is -0.384 e. The molecule has 2 aromatic heterocycles. The number of aromatic nitrogens is 3. The number of benzene rings is 1. The Hall–Kier alpha value is -4.15. The molecule has 1 aromatic carbocycles. The molecule has 1 saturated heterocycles. The van der Waals surface area contributed by atoms with Gasteiger partial charge in [0, 0.05) is 32.8 Å². The molecule has 4 rings (SSSR count). The van der Waals surface area contributed by atoms with Gasteiger partial charge in [-0.2, -0.15) is 5.10 Å². The van der Waals surface area contributed by atoms with E-state index in [1.54, 1.807) is 39.2 Å². The van der Waals surface area contributed by atoms with Crippen LogP contribution in [0.1, 0.15) is 36.8 Å². The number of nitrogens with zero attached hydrogens (tertiary/aromatic N) is 5. The van der Waals surface area contributed by atoms with Crippen LogP contribution in [0.5, 0.6) is 0 Å². The minimum absolute atomic E-state index is 0.0579. The number of halogens is 2. The molecule has 2 N–H and O–H groups in total. The number of nitrogens with two attached hydrogens (primary N) is 1. The fraction of sp³-hybridized carbons (Fsp3) is 0.346. The third-order valence-corrected chi connectivity index (χ3v) is 6.84. The summed E-state index contributed by atoms with van der Waals surface area (Å²) in [6, 6.07) is 7.68. The predicted octanol–water partition coefficient (Wildman–Crippen LogP) is 2.82. The summed E-state index contributed by atoms with van der Waals surface area (Å²) in [5.41, 5.74) is 6.53. The van der Waals surface area contributed by atoms with Gasteiger partial charge in [-0.1, -0.05) is 19.1 Å². The molecule has 3 amide bonds. The van der Waals surface area contributed by atoms with E-state index in [2.05, 4.69) is 10.1 Å². The number of hydrogen-bond donors (Lipinski definition) is 1. The quantitative estimate of drug-likeness (QED) is 0.466. The van der Waals surface area contributed by atoms with E-state index in [1.807, 2.05) is 0 Å². The molecule has 11 heteroatoms. The molecule has 37 heavy (non-hydrogen) atoms. The van der Waals surface area contributed by atoms with Gasteiger partial charge in [-0.15, -0.1) is 0 Å². The van der Waals surface area contributed by atoms with Crippen LogP contribution >= 0.6 is 0 Å². The molecule has 3 aromatic rings. The second-order valence-corrected chi connectivity index (χ2v) is 9.11. The number of β-lactam (4-membered cyclic amide) rings is 1. The maximum absolute atomic E-state index is 14.5. The van der Waals surface area contributed by atoms with E-state index < -0.39 is 47.2 Å². The fourth-order valence-corrected chi connectivity index (χ4v) is 4.81. The molecule has 3 atom stereocenters. The van der Waals surface area contributed by atoms with Crippen molar-refractivity contribution in [3.63, 3.8) is 0 Å². The lowest BCUT2D eigenvalue weighted by Gasteiger charge is -2.46. The lowest BCUT2D eigenvalue weighted by atomic mass is 9.80. The van der Waals surface area contributed by atoms with E-state index in [4.69, 9.17) is 5.73 Å². The number of rotatable bonds is 8. The number of imide groups is 1. The number of anilines is 2. The zero-order chi connectivity index (χ0) is 26.9. The molecular weight excluding hydrogens is 482 g/mol. The summed E-state index contributed by atoms with van der Waals surface area (Å²) < 4.78 is 29.8. The number of likely N-dealkylation sites (N-methyl/N-ethyl adjacent to an activating group) is 1. The summed E-state index contributed by atoms with van der Waals surface area (Å²) in [6.45, 7) is 1.75. The maximum Gasteiger partial charge on any atom is 0.252 e. The summed E-state index contributed by atoms with van der Waals surface area (Å²) in [5.74, 6) is -4.34. The lowest BCUT2D eigenvalue weighted by molar-refractivity contribution is -0.170. The highest BCUT2D eigenvalue weighted by Gasteiger charge is 2.55. The Morgan fingerprint density at radius 3 is 2.59 bits per heavy atom. The molecule has 194 valence electrons. The van der Waals surface area contributed by atoms with Gasteiger partial charge in [0.25, 0.3) is 5.91 Å². The largest absolute Gasteiger partial charge is 0.384 e. The number of aryl methyl sites for hydroxylation is 1. The van der Waals surface area contributed by atoms with Crippen molar-refractivity contribution in [2.24, 2.45) is 13.0 Å². The lowest BCUT2D eigenvalue weighted by Crippen LogP contribution is -2.69. The Labute approximate surface area is 212 Å². The SMILES string of the molecule is CC[C@@H](CC(=O)N1C(=O)[C@H](Cc2ccnc(N)c2)[C@H]1C(=O)N(C)c1ccnn1C)c1cccc(F)c1F. The van der Waals surface area contributed by atoms with Crippen molar-refractivity contribution in [2.45, 2.75) is 38.1 Å². The number of nitrogen functional groups attached to an aromatic ring is 1. The second-order valence-electron chi connectivity index (χ2n) is 9.11. The molecule has 1 aliphatic heterocycles. The van der Waals surface area contributed by atoms with Crippen molar-refractivity contribution < 1.29 is 23.2 Å². The predicted molar refractivity (Wildman–Crippen MR) is 132 cm³/mol. The van der Waals surface area contributed by atoms with Gasteiger partial charge in [-0.05, 0) is 48.1 Å². The molecule has 0 saturated carbocycles. The van der Waals surface area contributed by atoms with Crippen molar-refractivity contribution in [1.29, 1.82) is 0 Å². The molecule has 0 aliphatic carbocycles. The van der Waals surface area contributed by atoms with Crippen LogP contribution in [0.2, 0.25) is 0 Å². The standard InChI is InChI=1S/C26H28F2N6O3/c1-4-16(17-6-5-7-19(27)23(17)28)14-22(35)34-24(26(37)32(2)21-9-11-31-33(21)3)18(25(34)36)12-15-8-10-30-20(29)13-15/h5-11,13,16,18,24H,4,12,14H2,1-3H3,(H2,29,30)/t16-,18+,24-/m0/s1. The van der Waals surface area contributed by atoms with Crippen molar-refractivity contribution in [1.82, 2.24) is 19.7 Å². The number of carbonyl (C=O) groups is 3. The van der Waals surface area contributed by atoms with Gasteiger partial charge < -0.3 is 5.73 Å². The summed E-state index contributed by atoms with van der Waals surface area (Å²) in [6.07, 6.45) is 3.30. The fourth-order valence-electron chi connectivity index (χ4n) is 4.81. The molecule has 0 spiro atoms. The van der Waals surface area contributed by atoms with Gasteiger partial charge in [-0.25, -0.2) is 13.8 Å². The van der Waals surface area contributed by atoms with Crippen LogP contribution in [0.3, 0.4) is 0 Å². The van der Waals surface area contributed by atoms with E-state index in [-0.39, 0.29) is 24.2 Å². The molecular formula is C26H28F2N6O3. The summed E-state index contributed by atoms with van der Waals surface area (Å²) >= 11 is 0. The van der Waals surface area contributed by atoms with Gasteiger partial charge in [0.05, 0.1) is 12.1 Å². The van der Waals surface area contributed by atoms with Crippen molar-refractivity contribution in [2.75, 3.05) is 17.7 Å². The van der Waals surface area contributed by atoms with Gasteiger partial charge in [0.15, 0.2) is 11.6 Å². The molecule has 0 unspecified atom stereocenters. The Balaban J connectivity index is 1.62. The highest BCUT2D eigenvalue weighted by Crippen LogP contribution is 2.36. The first-order chi connectivity index (χ1) is 17.6. The average molecular weight is 511 g/mol. The van der Waals surface area contributed by atoms with Crippen LogP contribution in [0.4, 0.5) is 20.4 Å². The smallest absolute Gasteiger partial charge is 0.252 e. The highest BCUT2D eigenvalue weighted by atomic mass is 19.2. The first-order valence-corrected chi connectivity index (χ1v) is 11.9. The third kappa shape index (κ3) is 4.93. The van der Waals surface area contributed by atoms with E-state index in [9.17, 15) is 23.2 Å². The molecule has 0 radical (unpaired) electrons. The summed E-state index contributed by atoms with van der Waals surface area (Å²) in [7, 11) is 3.22. The number of likely N-dealkylation sites (tertiary alicyclic amines) is 1. The van der Waals surface area contributed by atoms with E-state index in [1.165, 1.54) is 34.1 Å². The summed E-state index contributed by atoms with van der Waals surface area (Å²) in [4.78, 5) is 46.5. The van der Waals surface area contributed by atoms with Gasteiger partial charge in [0.2, 0.25) is 11.8 Å². The molecule has 1 fully saturated rings. The normalized spacial score (nSPS) is 17.9. The number of hydrogen-bond acceptors (Lipinski definition) is 6. The topological polar surface area (TPSA) is 114 Å². The number of carbonyl (C=O) groups excluding carboxylic acids is 3. The highest BCUT2D eigenvalue weighted by molar-refractivity contribution is 6.12. The zero-order valence-corrected chi connectivity index (χ0v) is 20.8. The van der Waals surface area contributed by atoms with Gasteiger partial charge >= 0.3 is 0 Å². The Morgan fingerprint density at radius 1 is 1.19 bits per heavy atom. The van der Waals surface area contributed by atoms with Crippen LogP contribution in [0, 0.1) is 17.6 Å².